The van der Waals surface area contributed by atoms with E-state index in [0.717, 1.165) is 36.2 Å². The Hall–Kier alpha value is -0.910. The first kappa shape index (κ1) is 13.5. The zero-order chi connectivity index (χ0) is 13.1. The van der Waals surface area contributed by atoms with E-state index in [2.05, 4.69) is 27.9 Å². The lowest BCUT2D eigenvalue weighted by atomic mass is 10.0. The average Bonchev–Trinajstić information content (AvgIpc) is 2.34. The number of hydrogen-bond acceptors (Lipinski definition) is 3. The van der Waals surface area contributed by atoms with Crippen molar-refractivity contribution in [2.24, 2.45) is 0 Å². The van der Waals surface area contributed by atoms with E-state index in [1.54, 1.807) is 0 Å². The summed E-state index contributed by atoms with van der Waals surface area (Å²) in [6, 6.07) is 7.00. The van der Waals surface area contributed by atoms with Crippen molar-refractivity contribution >= 4 is 21.9 Å². The minimum atomic E-state index is -0.776. The van der Waals surface area contributed by atoms with Gasteiger partial charge in [0.1, 0.15) is 6.04 Å². The molecule has 0 bridgehead atoms. The number of carboxylic acids is 1. The second kappa shape index (κ2) is 5.82. The van der Waals surface area contributed by atoms with Crippen LogP contribution < -0.4 is 0 Å². The van der Waals surface area contributed by atoms with Gasteiger partial charge in [-0.2, -0.15) is 0 Å². The van der Waals surface area contributed by atoms with Gasteiger partial charge < -0.3 is 10.0 Å². The number of carbonyl (C=O) groups is 1. The maximum Gasteiger partial charge on any atom is 0.325 e. The van der Waals surface area contributed by atoms with Crippen LogP contribution in [-0.2, 0) is 4.79 Å². The highest BCUT2D eigenvalue weighted by Gasteiger charge is 2.29. The molecule has 0 spiro atoms. The summed E-state index contributed by atoms with van der Waals surface area (Å²) in [7, 11) is 2.06. The average molecular weight is 313 g/mol. The molecule has 5 heteroatoms. The molecule has 98 valence electrons. The highest BCUT2D eigenvalue weighted by atomic mass is 79.9. The molecule has 1 atom stereocenters. The van der Waals surface area contributed by atoms with Gasteiger partial charge in [0, 0.05) is 30.7 Å². The van der Waals surface area contributed by atoms with Crippen LogP contribution >= 0.6 is 15.9 Å². The van der Waals surface area contributed by atoms with E-state index in [1.165, 1.54) is 0 Å². The summed E-state index contributed by atoms with van der Waals surface area (Å²) in [4.78, 5) is 15.8. The lowest BCUT2D eigenvalue weighted by molar-refractivity contribution is -0.144. The van der Waals surface area contributed by atoms with Crippen LogP contribution in [0.2, 0.25) is 0 Å². The Morgan fingerprint density at radius 3 is 2.28 bits per heavy atom. The Bertz CT molecular complexity index is 414. The van der Waals surface area contributed by atoms with Gasteiger partial charge in [-0.1, -0.05) is 28.1 Å². The highest BCUT2D eigenvalue weighted by Crippen LogP contribution is 2.24. The summed E-state index contributed by atoms with van der Waals surface area (Å²) in [6.07, 6.45) is 0. The van der Waals surface area contributed by atoms with Crippen LogP contribution in [0.5, 0.6) is 0 Å². The molecular weight excluding hydrogens is 296 g/mol. The molecule has 1 N–H and O–H groups in total. The second-order valence-electron chi connectivity index (χ2n) is 4.63. The van der Waals surface area contributed by atoms with Gasteiger partial charge in [-0.25, -0.2) is 0 Å². The summed E-state index contributed by atoms with van der Waals surface area (Å²) in [5.74, 6) is -0.776. The quantitative estimate of drug-likeness (QED) is 0.924. The number of aliphatic carboxylic acids is 1. The smallest absolute Gasteiger partial charge is 0.325 e. The summed E-state index contributed by atoms with van der Waals surface area (Å²) >= 11 is 3.37. The minimum Gasteiger partial charge on any atom is -0.480 e. The molecule has 1 aliphatic rings. The molecule has 18 heavy (non-hydrogen) atoms. The van der Waals surface area contributed by atoms with Gasteiger partial charge in [-0.15, -0.1) is 0 Å². The van der Waals surface area contributed by atoms with Crippen molar-refractivity contribution in [2.45, 2.75) is 6.04 Å². The fourth-order valence-corrected chi connectivity index (χ4v) is 2.50. The number of halogens is 1. The molecule has 1 aromatic rings. The topological polar surface area (TPSA) is 43.8 Å². The first-order valence-electron chi connectivity index (χ1n) is 5.99. The summed E-state index contributed by atoms with van der Waals surface area (Å²) in [5, 5.41) is 9.45. The van der Waals surface area contributed by atoms with E-state index in [-0.39, 0.29) is 0 Å². The van der Waals surface area contributed by atoms with Crippen LogP contribution in [-0.4, -0.2) is 54.1 Å². The largest absolute Gasteiger partial charge is 0.480 e. The second-order valence-corrected chi connectivity index (χ2v) is 5.55. The molecule has 1 fully saturated rings. The van der Waals surface area contributed by atoms with Gasteiger partial charge in [-0.3, -0.25) is 9.69 Å². The zero-order valence-electron chi connectivity index (χ0n) is 10.3. The number of rotatable bonds is 3. The molecule has 0 aliphatic carbocycles. The van der Waals surface area contributed by atoms with E-state index >= 15 is 0 Å². The van der Waals surface area contributed by atoms with Gasteiger partial charge in [0.2, 0.25) is 0 Å². The molecular formula is C13H17BrN2O2. The molecule has 0 aromatic heterocycles. The minimum absolute atomic E-state index is 0.535. The standard InChI is InChI=1S/C13H17BrN2O2/c1-15-6-8-16(9-7-15)12(13(17)18)10-2-4-11(14)5-3-10/h2-5,12H,6-9H2,1H3,(H,17,18). The maximum atomic E-state index is 11.5. The fourth-order valence-electron chi connectivity index (χ4n) is 2.23. The first-order chi connectivity index (χ1) is 8.58. The molecule has 0 radical (unpaired) electrons. The van der Waals surface area contributed by atoms with Gasteiger partial charge in [0.05, 0.1) is 0 Å². The number of likely N-dealkylation sites (N-methyl/N-ethyl adjacent to an activating group) is 1. The monoisotopic (exact) mass is 312 g/mol. The third-order valence-corrected chi connectivity index (χ3v) is 3.85. The molecule has 1 heterocycles. The van der Waals surface area contributed by atoms with Crippen LogP contribution in [0.15, 0.2) is 28.7 Å². The summed E-state index contributed by atoms with van der Waals surface area (Å²) in [5.41, 5.74) is 0.843. The molecule has 1 aliphatic heterocycles. The number of piperazine rings is 1. The maximum absolute atomic E-state index is 11.5. The van der Waals surface area contributed by atoms with E-state index in [0.29, 0.717) is 0 Å². The first-order valence-corrected chi connectivity index (χ1v) is 6.78. The molecule has 0 amide bonds. The van der Waals surface area contributed by atoms with Crippen LogP contribution in [0.25, 0.3) is 0 Å². The van der Waals surface area contributed by atoms with Gasteiger partial charge in [-0.05, 0) is 24.7 Å². The molecule has 1 saturated heterocycles. The van der Waals surface area contributed by atoms with Crippen LogP contribution in [0, 0.1) is 0 Å². The summed E-state index contributed by atoms with van der Waals surface area (Å²) < 4.78 is 0.966. The van der Waals surface area contributed by atoms with Crippen molar-refractivity contribution < 1.29 is 9.90 Å². The number of carboxylic acid groups (broad SMARTS) is 1. The molecule has 1 aromatic carbocycles. The third kappa shape index (κ3) is 3.10. The van der Waals surface area contributed by atoms with E-state index in [4.69, 9.17) is 0 Å². The van der Waals surface area contributed by atoms with E-state index in [1.807, 2.05) is 29.2 Å². The number of hydrogen-bond donors (Lipinski definition) is 1. The summed E-state index contributed by atoms with van der Waals surface area (Å²) in [6.45, 7) is 3.42. The van der Waals surface area contributed by atoms with Crippen LogP contribution in [0.1, 0.15) is 11.6 Å². The van der Waals surface area contributed by atoms with Crippen molar-refractivity contribution in [1.82, 2.24) is 9.80 Å². The van der Waals surface area contributed by atoms with Crippen molar-refractivity contribution in [1.29, 1.82) is 0 Å². The fraction of sp³-hybridized carbons (Fsp3) is 0.462. The predicted octanol–water partition coefficient (Wildman–Crippen LogP) is 1.82. The van der Waals surface area contributed by atoms with Crippen molar-refractivity contribution in [3.8, 4) is 0 Å². The van der Waals surface area contributed by atoms with Crippen LogP contribution in [0.3, 0.4) is 0 Å². The van der Waals surface area contributed by atoms with Crippen molar-refractivity contribution in [3.63, 3.8) is 0 Å². The van der Waals surface area contributed by atoms with Crippen molar-refractivity contribution in [3.05, 3.63) is 34.3 Å². The molecule has 4 nitrogen and oxygen atoms in total. The Balaban J connectivity index is 2.18. The Labute approximate surface area is 115 Å². The number of nitrogens with zero attached hydrogens (tertiary/aromatic N) is 2. The number of benzene rings is 1. The third-order valence-electron chi connectivity index (χ3n) is 3.32. The van der Waals surface area contributed by atoms with Gasteiger partial charge in [0.25, 0.3) is 0 Å². The Morgan fingerprint density at radius 1 is 1.22 bits per heavy atom. The Kier molecular flexibility index (Phi) is 4.37. The van der Waals surface area contributed by atoms with Crippen LogP contribution in [0.4, 0.5) is 0 Å². The lowest BCUT2D eigenvalue weighted by Crippen LogP contribution is -2.47. The zero-order valence-corrected chi connectivity index (χ0v) is 11.9. The molecule has 2 rings (SSSR count). The van der Waals surface area contributed by atoms with Gasteiger partial charge >= 0.3 is 5.97 Å². The van der Waals surface area contributed by atoms with Gasteiger partial charge in [0.15, 0.2) is 0 Å². The predicted molar refractivity (Wildman–Crippen MR) is 73.6 cm³/mol. The highest BCUT2D eigenvalue weighted by molar-refractivity contribution is 9.10. The Morgan fingerprint density at radius 2 is 1.78 bits per heavy atom. The van der Waals surface area contributed by atoms with E-state index in [9.17, 15) is 9.90 Å². The molecule has 0 saturated carbocycles. The lowest BCUT2D eigenvalue weighted by Gasteiger charge is -2.36. The van der Waals surface area contributed by atoms with Crippen molar-refractivity contribution in [2.75, 3.05) is 33.2 Å². The SMILES string of the molecule is CN1CCN(C(C(=O)O)c2ccc(Br)cc2)CC1. The normalized spacial score (nSPS) is 19.7. The molecule has 1 unspecified atom stereocenters. The van der Waals surface area contributed by atoms with E-state index < -0.39 is 12.0 Å².